The third-order valence-corrected chi connectivity index (χ3v) is 7.41. The monoisotopic (exact) mass is 492 g/mol. The van der Waals surface area contributed by atoms with Crippen LogP contribution in [0.2, 0.25) is 0 Å². The molecule has 4 rings (SSSR count). The van der Waals surface area contributed by atoms with Crippen molar-refractivity contribution < 1.29 is 17.9 Å². The summed E-state index contributed by atoms with van der Waals surface area (Å²) in [6, 6.07) is 17.4. The van der Waals surface area contributed by atoms with Gasteiger partial charge in [-0.3, -0.25) is 0 Å². The number of carbonyl (C=O) groups is 1. The molecule has 7 heteroatoms. The number of carbonyl (C=O) groups excluding carboxylic acids is 1. The summed E-state index contributed by atoms with van der Waals surface area (Å²) in [5.41, 5.74) is 5.29. The van der Waals surface area contributed by atoms with Crippen molar-refractivity contribution in [1.82, 2.24) is 4.83 Å². The summed E-state index contributed by atoms with van der Waals surface area (Å²) in [4.78, 5) is 14.2. The van der Waals surface area contributed by atoms with Gasteiger partial charge in [-0.15, -0.1) is 0 Å². The summed E-state index contributed by atoms with van der Waals surface area (Å²) in [7, 11) is -2.19. The van der Waals surface area contributed by atoms with E-state index in [-0.39, 0.29) is 10.8 Å². The Morgan fingerprint density at radius 2 is 1.34 bits per heavy atom. The lowest BCUT2D eigenvalue weighted by atomic mass is 9.63. The van der Waals surface area contributed by atoms with Gasteiger partial charge in [-0.1, -0.05) is 58.0 Å². The maximum atomic E-state index is 11.9. The molecule has 0 aliphatic heterocycles. The Labute approximate surface area is 207 Å². The first-order valence-corrected chi connectivity index (χ1v) is 13.5. The average Bonchev–Trinajstić information content (AvgIpc) is 2.80. The lowest BCUT2D eigenvalue weighted by molar-refractivity contribution is 0.0601. The number of hydrogen-bond donors (Lipinski definition) is 1. The molecule has 0 fully saturated rings. The number of rotatable bonds is 5. The smallest absolute Gasteiger partial charge is 0.337 e. The molecule has 1 aliphatic rings. The first kappa shape index (κ1) is 24.9. The van der Waals surface area contributed by atoms with Gasteiger partial charge in [-0.25, -0.2) is 18.0 Å². The van der Waals surface area contributed by atoms with Crippen LogP contribution in [0, 0.1) is 0 Å². The van der Waals surface area contributed by atoms with E-state index in [1.54, 1.807) is 12.1 Å². The topological polar surface area (TPSA) is 84.8 Å². The SMILES string of the molecule is COC(=O)c1ccc2cc(/C(=N/NS(C)(=O)=O)c3ccc4c(c3)C(C)(C)CCC4(C)C)ccc2c1. The summed E-state index contributed by atoms with van der Waals surface area (Å²) < 4.78 is 28.6. The van der Waals surface area contributed by atoms with Crippen molar-refractivity contribution in [3.8, 4) is 0 Å². The maximum Gasteiger partial charge on any atom is 0.337 e. The third-order valence-electron chi connectivity index (χ3n) is 6.98. The van der Waals surface area contributed by atoms with E-state index in [1.165, 1.54) is 18.2 Å². The van der Waals surface area contributed by atoms with E-state index in [9.17, 15) is 13.2 Å². The van der Waals surface area contributed by atoms with Crippen LogP contribution in [-0.2, 0) is 25.6 Å². The van der Waals surface area contributed by atoms with E-state index in [1.807, 2.05) is 30.3 Å². The Bertz CT molecular complexity index is 1450. The number of esters is 1. The van der Waals surface area contributed by atoms with Crippen molar-refractivity contribution >= 4 is 32.5 Å². The molecule has 184 valence electrons. The first-order chi connectivity index (χ1) is 16.3. The van der Waals surface area contributed by atoms with Gasteiger partial charge in [0.1, 0.15) is 0 Å². The molecule has 0 heterocycles. The maximum absolute atomic E-state index is 11.9. The summed E-state index contributed by atoms with van der Waals surface area (Å²) in [6.45, 7) is 9.05. The molecule has 0 amide bonds. The van der Waals surface area contributed by atoms with Crippen molar-refractivity contribution in [1.29, 1.82) is 0 Å². The highest BCUT2D eigenvalue weighted by atomic mass is 32.2. The molecule has 0 saturated carbocycles. The van der Waals surface area contributed by atoms with Gasteiger partial charge in [0.25, 0.3) is 0 Å². The van der Waals surface area contributed by atoms with Crippen LogP contribution in [0.1, 0.15) is 73.1 Å². The predicted molar refractivity (Wildman–Crippen MR) is 141 cm³/mol. The average molecular weight is 493 g/mol. The van der Waals surface area contributed by atoms with Gasteiger partial charge in [0, 0.05) is 11.1 Å². The van der Waals surface area contributed by atoms with Crippen molar-refractivity contribution in [2.45, 2.75) is 51.4 Å². The summed E-state index contributed by atoms with van der Waals surface area (Å²) >= 11 is 0. The molecule has 35 heavy (non-hydrogen) atoms. The third kappa shape index (κ3) is 5.10. The van der Waals surface area contributed by atoms with E-state index >= 15 is 0 Å². The van der Waals surface area contributed by atoms with Gasteiger partial charge in [0.15, 0.2) is 0 Å². The largest absolute Gasteiger partial charge is 0.465 e. The lowest BCUT2D eigenvalue weighted by Crippen LogP contribution is -2.34. The zero-order chi connectivity index (χ0) is 25.6. The van der Waals surface area contributed by atoms with Crippen molar-refractivity contribution in [3.05, 3.63) is 82.4 Å². The fourth-order valence-electron chi connectivity index (χ4n) is 4.80. The minimum Gasteiger partial charge on any atom is -0.465 e. The summed E-state index contributed by atoms with van der Waals surface area (Å²) in [6.07, 6.45) is 3.27. The Kier molecular flexibility index (Phi) is 6.26. The van der Waals surface area contributed by atoms with Gasteiger partial charge in [-0.05, 0) is 69.8 Å². The molecule has 0 unspecified atom stereocenters. The number of benzene rings is 3. The second-order valence-electron chi connectivity index (χ2n) is 10.6. The molecule has 0 bridgehead atoms. The molecular formula is C28H32N2O4S. The van der Waals surface area contributed by atoms with E-state index in [2.05, 4.69) is 49.8 Å². The predicted octanol–water partition coefficient (Wildman–Crippen LogP) is 5.28. The molecule has 0 aromatic heterocycles. The zero-order valence-corrected chi connectivity index (χ0v) is 21.9. The number of nitrogens with one attached hydrogen (secondary N) is 1. The quantitative estimate of drug-likeness (QED) is 0.298. The zero-order valence-electron chi connectivity index (χ0n) is 21.1. The van der Waals surface area contributed by atoms with Crippen LogP contribution < -0.4 is 4.83 Å². The molecule has 0 radical (unpaired) electrons. The van der Waals surface area contributed by atoms with Crippen LogP contribution in [0.15, 0.2) is 59.7 Å². The Hall–Kier alpha value is -3.19. The summed E-state index contributed by atoms with van der Waals surface area (Å²) in [5, 5.41) is 6.12. The van der Waals surface area contributed by atoms with Gasteiger partial charge in [0.05, 0.1) is 24.6 Å². The van der Waals surface area contributed by atoms with E-state index < -0.39 is 16.0 Å². The van der Waals surface area contributed by atoms with E-state index in [0.717, 1.165) is 41.0 Å². The van der Waals surface area contributed by atoms with Crippen LogP contribution >= 0.6 is 0 Å². The Morgan fingerprint density at radius 3 is 1.94 bits per heavy atom. The molecule has 1 N–H and O–H groups in total. The highest BCUT2D eigenvalue weighted by molar-refractivity contribution is 7.88. The van der Waals surface area contributed by atoms with Crippen LogP contribution in [-0.4, -0.2) is 33.5 Å². The number of sulfonamides is 1. The highest BCUT2D eigenvalue weighted by Crippen LogP contribution is 2.46. The number of hydrogen-bond acceptors (Lipinski definition) is 5. The Morgan fingerprint density at radius 1 is 0.829 bits per heavy atom. The normalized spacial score (nSPS) is 17.0. The first-order valence-electron chi connectivity index (χ1n) is 11.6. The second kappa shape index (κ2) is 8.79. The minimum absolute atomic E-state index is 0.00388. The second-order valence-corrected chi connectivity index (χ2v) is 12.3. The Balaban J connectivity index is 1.86. The number of nitrogens with zero attached hydrogens (tertiary/aromatic N) is 1. The molecular weight excluding hydrogens is 460 g/mol. The standard InChI is InChI=1S/C28H32N2O4S/c1-27(2)13-14-28(3,4)24-17-21(11-12-23(24)27)25(29-30-35(6,32)33)20-9-7-19-16-22(26(31)34-5)10-8-18(19)15-20/h7-12,15-17,30H,13-14H2,1-6H3/b29-25-. The van der Waals surface area contributed by atoms with E-state index in [4.69, 9.17) is 4.74 Å². The summed E-state index contributed by atoms with van der Waals surface area (Å²) in [5.74, 6) is -0.393. The van der Waals surface area contributed by atoms with Gasteiger partial charge < -0.3 is 4.74 Å². The van der Waals surface area contributed by atoms with Crippen molar-refractivity contribution in [2.24, 2.45) is 5.10 Å². The van der Waals surface area contributed by atoms with Crippen molar-refractivity contribution in [3.63, 3.8) is 0 Å². The molecule has 6 nitrogen and oxygen atoms in total. The molecule has 0 saturated heterocycles. The highest BCUT2D eigenvalue weighted by Gasteiger charge is 2.37. The van der Waals surface area contributed by atoms with Crippen LogP contribution in [0.4, 0.5) is 0 Å². The molecule has 3 aromatic carbocycles. The number of ether oxygens (including phenoxy) is 1. The molecule has 0 spiro atoms. The van der Waals surface area contributed by atoms with Gasteiger partial charge >= 0.3 is 5.97 Å². The minimum atomic E-state index is -3.54. The van der Waals surface area contributed by atoms with Crippen LogP contribution in [0.5, 0.6) is 0 Å². The lowest BCUT2D eigenvalue weighted by Gasteiger charge is -2.42. The van der Waals surface area contributed by atoms with Crippen molar-refractivity contribution in [2.75, 3.05) is 13.4 Å². The fourth-order valence-corrected chi connectivity index (χ4v) is 5.06. The number of fused-ring (bicyclic) bond motifs is 2. The number of hydrazone groups is 1. The van der Waals surface area contributed by atoms with Gasteiger partial charge in [0.2, 0.25) is 10.0 Å². The fraction of sp³-hybridized carbons (Fsp3) is 0.357. The van der Waals surface area contributed by atoms with Gasteiger partial charge in [-0.2, -0.15) is 5.10 Å². The van der Waals surface area contributed by atoms with Crippen LogP contribution in [0.3, 0.4) is 0 Å². The van der Waals surface area contributed by atoms with Crippen LogP contribution in [0.25, 0.3) is 10.8 Å². The van der Waals surface area contributed by atoms with E-state index in [0.29, 0.717) is 11.3 Å². The molecule has 1 aliphatic carbocycles. The molecule has 0 atom stereocenters. The number of methoxy groups -OCH3 is 1. The molecule has 3 aromatic rings.